The van der Waals surface area contributed by atoms with Crippen LogP contribution in [0.3, 0.4) is 0 Å². The maximum absolute atomic E-state index is 9.60. The summed E-state index contributed by atoms with van der Waals surface area (Å²) in [6, 6.07) is 0.724. The zero-order chi connectivity index (χ0) is 10.4. The molecule has 14 heavy (non-hydrogen) atoms. The first kappa shape index (κ1) is 12.5. The second-order valence-electron chi connectivity index (χ2n) is 4.19. The number of alkyl halides is 1. The minimum absolute atomic E-state index is 0.211. The Kier molecular flexibility index (Phi) is 6.06. The average Bonchev–Trinajstić information content (AvgIpc) is 2.26. The maximum Gasteiger partial charge on any atom is 0.0763 e. The quantitative estimate of drug-likeness (QED) is 0.771. The summed E-state index contributed by atoms with van der Waals surface area (Å²) < 4.78 is 0. The van der Waals surface area contributed by atoms with Gasteiger partial charge in [-0.15, -0.1) is 0 Å². The third-order valence-electron chi connectivity index (χ3n) is 3.12. The number of hydrogen-bond donors (Lipinski definition) is 1. The van der Waals surface area contributed by atoms with Crippen molar-refractivity contribution in [2.75, 3.05) is 18.4 Å². The molecule has 1 N–H and O–H groups in total. The molecule has 1 rings (SSSR count). The van der Waals surface area contributed by atoms with Gasteiger partial charge in [-0.05, 0) is 19.4 Å². The molecule has 0 radical (unpaired) electrons. The monoisotopic (exact) mass is 263 g/mol. The minimum atomic E-state index is -0.211. The normalized spacial score (nSPS) is 21.4. The Labute approximate surface area is 95.8 Å². The highest BCUT2D eigenvalue weighted by atomic mass is 79.9. The molecule has 1 unspecified atom stereocenters. The molecule has 0 aromatic heterocycles. The average molecular weight is 264 g/mol. The van der Waals surface area contributed by atoms with E-state index in [2.05, 4.69) is 27.8 Å². The molecule has 3 heteroatoms. The van der Waals surface area contributed by atoms with Gasteiger partial charge < -0.3 is 5.11 Å². The van der Waals surface area contributed by atoms with Crippen molar-refractivity contribution in [3.05, 3.63) is 0 Å². The van der Waals surface area contributed by atoms with Gasteiger partial charge in [0.2, 0.25) is 0 Å². The smallest absolute Gasteiger partial charge is 0.0763 e. The lowest BCUT2D eigenvalue weighted by Crippen LogP contribution is -2.41. The molecule has 1 aliphatic carbocycles. The Morgan fingerprint density at radius 1 is 1.36 bits per heavy atom. The second kappa shape index (κ2) is 6.81. The summed E-state index contributed by atoms with van der Waals surface area (Å²) in [7, 11) is 0. The first-order valence-corrected chi connectivity index (χ1v) is 6.88. The van der Waals surface area contributed by atoms with E-state index in [0.29, 0.717) is 5.33 Å². The molecule has 1 saturated carbocycles. The van der Waals surface area contributed by atoms with E-state index in [0.717, 1.165) is 19.1 Å². The van der Waals surface area contributed by atoms with Crippen molar-refractivity contribution in [2.45, 2.75) is 51.2 Å². The number of aliphatic hydroxyl groups excluding tert-OH is 1. The van der Waals surface area contributed by atoms with Gasteiger partial charge in [-0.25, -0.2) is 0 Å². The van der Waals surface area contributed by atoms with Crippen LogP contribution in [0.25, 0.3) is 0 Å². The summed E-state index contributed by atoms with van der Waals surface area (Å²) in [5.41, 5.74) is 0. The van der Waals surface area contributed by atoms with Crippen LogP contribution in [0.2, 0.25) is 0 Å². The van der Waals surface area contributed by atoms with Crippen molar-refractivity contribution in [1.82, 2.24) is 4.90 Å². The topological polar surface area (TPSA) is 23.5 Å². The molecule has 0 aromatic carbocycles. The van der Waals surface area contributed by atoms with Gasteiger partial charge in [-0.3, -0.25) is 4.90 Å². The fourth-order valence-electron chi connectivity index (χ4n) is 2.30. The standard InChI is InChI=1S/C11H22BrNO/c1-2-13(9-11(14)8-12)10-6-4-3-5-7-10/h10-11,14H,2-9H2,1H3. The van der Waals surface area contributed by atoms with Crippen molar-refractivity contribution >= 4 is 15.9 Å². The van der Waals surface area contributed by atoms with E-state index in [1.807, 2.05) is 0 Å². The maximum atomic E-state index is 9.60. The predicted octanol–water partition coefficient (Wildman–Crippen LogP) is 2.40. The van der Waals surface area contributed by atoms with Gasteiger partial charge >= 0.3 is 0 Å². The molecule has 1 fully saturated rings. The SMILES string of the molecule is CCN(CC(O)CBr)C1CCCCC1. The van der Waals surface area contributed by atoms with Gasteiger partial charge in [0.15, 0.2) is 0 Å². The summed E-state index contributed by atoms with van der Waals surface area (Å²) in [6.07, 6.45) is 6.56. The summed E-state index contributed by atoms with van der Waals surface area (Å²) >= 11 is 3.32. The van der Waals surface area contributed by atoms with Crippen LogP contribution in [-0.4, -0.2) is 40.6 Å². The van der Waals surface area contributed by atoms with Gasteiger partial charge in [0, 0.05) is 17.9 Å². The molecule has 1 atom stereocenters. The number of rotatable bonds is 5. The van der Waals surface area contributed by atoms with Crippen LogP contribution in [0, 0.1) is 0 Å². The molecule has 0 amide bonds. The van der Waals surface area contributed by atoms with Crippen molar-refractivity contribution < 1.29 is 5.11 Å². The zero-order valence-corrected chi connectivity index (χ0v) is 10.7. The fourth-order valence-corrected chi connectivity index (χ4v) is 2.51. The highest BCUT2D eigenvalue weighted by Gasteiger charge is 2.21. The van der Waals surface area contributed by atoms with Crippen LogP contribution < -0.4 is 0 Å². The Bertz CT molecular complexity index is 148. The summed E-state index contributed by atoms with van der Waals surface area (Å²) in [5.74, 6) is 0. The minimum Gasteiger partial charge on any atom is -0.391 e. The van der Waals surface area contributed by atoms with Crippen LogP contribution in [0.4, 0.5) is 0 Å². The molecule has 84 valence electrons. The van der Waals surface area contributed by atoms with E-state index in [1.165, 1.54) is 32.1 Å². The lowest BCUT2D eigenvalue weighted by Gasteiger charge is -2.34. The predicted molar refractivity (Wildman–Crippen MR) is 63.9 cm³/mol. The summed E-state index contributed by atoms with van der Waals surface area (Å²) in [5, 5.41) is 10.3. The highest BCUT2D eigenvalue weighted by Crippen LogP contribution is 2.22. The number of halogens is 1. The Balaban J connectivity index is 2.35. The van der Waals surface area contributed by atoms with Crippen molar-refractivity contribution in [3.63, 3.8) is 0 Å². The van der Waals surface area contributed by atoms with Gasteiger partial charge in [0.1, 0.15) is 0 Å². The van der Waals surface area contributed by atoms with Crippen LogP contribution in [0.15, 0.2) is 0 Å². The molecule has 0 spiro atoms. The Morgan fingerprint density at radius 3 is 2.50 bits per heavy atom. The van der Waals surface area contributed by atoms with Crippen molar-refractivity contribution in [3.8, 4) is 0 Å². The van der Waals surface area contributed by atoms with Gasteiger partial charge in [-0.1, -0.05) is 42.1 Å². The molecule has 0 bridgehead atoms. The van der Waals surface area contributed by atoms with Crippen LogP contribution in [0.5, 0.6) is 0 Å². The lowest BCUT2D eigenvalue weighted by atomic mass is 9.94. The third kappa shape index (κ3) is 3.87. The zero-order valence-electron chi connectivity index (χ0n) is 9.08. The van der Waals surface area contributed by atoms with Crippen LogP contribution >= 0.6 is 15.9 Å². The number of hydrogen-bond acceptors (Lipinski definition) is 2. The molecule has 1 aliphatic rings. The summed E-state index contributed by atoms with van der Waals surface area (Å²) in [6.45, 7) is 4.08. The lowest BCUT2D eigenvalue weighted by molar-refractivity contribution is 0.0896. The Morgan fingerprint density at radius 2 is 2.00 bits per heavy atom. The largest absolute Gasteiger partial charge is 0.391 e. The molecule has 2 nitrogen and oxygen atoms in total. The number of nitrogens with zero attached hydrogens (tertiary/aromatic N) is 1. The van der Waals surface area contributed by atoms with Crippen LogP contribution in [0.1, 0.15) is 39.0 Å². The van der Waals surface area contributed by atoms with E-state index in [-0.39, 0.29) is 6.10 Å². The Hall–Kier alpha value is 0.400. The third-order valence-corrected chi connectivity index (χ3v) is 3.87. The van der Waals surface area contributed by atoms with E-state index in [4.69, 9.17) is 0 Å². The van der Waals surface area contributed by atoms with E-state index in [9.17, 15) is 5.11 Å². The fraction of sp³-hybridized carbons (Fsp3) is 1.00. The second-order valence-corrected chi connectivity index (χ2v) is 4.83. The number of likely N-dealkylation sites (N-methyl/N-ethyl adjacent to an activating group) is 1. The summed E-state index contributed by atoms with van der Waals surface area (Å²) in [4.78, 5) is 2.44. The van der Waals surface area contributed by atoms with E-state index in [1.54, 1.807) is 0 Å². The molecule has 0 heterocycles. The van der Waals surface area contributed by atoms with Gasteiger partial charge in [-0.2, -0.15) is 0 Å². The molecule has 0 aliphatic heterocycles. The van der Waals surface area contributed by atoms with Crippen LogP contribution in [-0.2, 0) is 0 Å². The van der Waals surface area contributed by atoms with Crippen molar-refractivity contribution in [1.29, 1.82) is 0 Å². The molecule has 0 aromatic rings. The molecular formula is C11H22BrNO. The number of aliphatic hydroxyl groups is 1. The highest BCUT2D eigenvalue weighted by molar-refractivity contribution is 9.09. The van der Waals surface area contributed by atoms with E-state index >= 15 is 0 Å². The molecular weight excluding hydrogens is 242 g/mol. The van der Waals surface area contributed by atoms with Gasteiger partial charge in [0.25, 0.3) is 0 Å². The molecule has 0 saturated heterocycles. The first-order valence-electron chi connectivity index (χ1n) is 5.76. The van der Waals surface area contributed by atoms with Crippen molar-refractivity contribution in [2.24, 2.45) is 0 Å². The van der Waals surface area contributed by atoms with Gasteiger partial charge in [0.05, 0.1) is 6.10 Å². The first-order chi connectivity index (χ1) is 6.77. The van der Waals surface area contributed by atoms with E-state index < -0.39 is 0 Å².